The number of nitrogens with one attached hydrogen (secondary N) is 2. The van der Waals surface area contributed by atoms with Crippen molar-refractivity contribution in [2.75, 3.05) is 11.9 Å². The molecule has 0 heterocycles. The van der Waals surface area contributed by atoms with Crippen molar-refractivity contribution in [3.63, 3.8) is 0 Å². The predicted molar refractivity (Wildman–Crippen MR) is 90.3 cm³/mol. The molecule has 1 aliphatic rings. The molecule has 0 saturated heterocycles. The van der Waals surface area contributed by atoms with Crippen molar-refractivity contribution < 1.29 is 9.59 Å². The van der Waals surface area contributed by atoms with Crippen LogP contribution in [0.15, 0.2) is 28.7 Å². The van der Waals surface area contributed by atoms with Crippen molar-refractivity contribution in [3.8, 4) is 0 Å². The van der Waals surface area contributed by atoms with E-state index in [0.717, 1.165) is 35.8 Å². The van der Waals surface area contributed by atoms with Crippen LogP contribution in [0.25, 0.3) is 0 Å². The van der Waals surface area contributed by atoms with Crippen molar-refractivity contribution in [1.82, 2.24) is 5.32 Å². The summed E-state index contributed by atoms with van der Waals surface area (Å²) >= 11 is 3.34. The minimum absolute atomic E-state index is 0.00159. The minimum Gasteiger partial charge on any atom is -0.355 e. The van der Waals surface area contributed by atoms with Crippen LogP contribution >= 0.6 is 15.9 Å². The number of hydrogen-bond donors (Lipinski definition) is 3. The summed E-state index contributed by atoms with van der Waals surface area (Å²) in [5, 5.41) is 5.63. The number of carbonyl (C=O) groups excluding carboxylic acids is 2. The molecule has 0 spiro atoms. The van der Waals surface area contributed by atoms with Gasteiger partial charge in [-0.3, -0.25) is 9.59 Å². The molecule has 1 aromatic rings. The number of anilines is 1. The fourth-order valence-electron chi connectivity index (χ4n) is 2.67. The molecule has 120 valence electrons. The zero-order chi connectivity index (χ0) is 15.9. The van der Waals surface area contributed by atoms with Gasteiger partial charge in [0.25, 0.3) is 0 Å². The van der Waals surface area contributed by atoms with E-state index in [1.54, 1.807) is 0 Å². The lowest BCUT2D eigenvalue weighted by atomic mass is 9.85. The number of halogens is 1. The van der Waals surface area contributed by atoms with Crippen LogP contribution in [-0.4, -0.2) is 24.4 Å². The maximum absolute atomic E-state index is 12.0. The molecule has 0 aromatic heterocycles. The Morgan fingerprint density at radius 1 is 1.23 bits per heavy atom. The van der Waals surface area contributed by atoms with Gasteiger partial charge in [0.05, 0.1) is 0 Å². The van der Waals surface area contributed by atoms with E-state index in [4.69, 9.17) is 5.73 Å². The highest BCUT2D eigenvalue weighted by Crippen LogP contribution is 2.23. The Labute approximate surface area is 139 Å². The molecule has 2 unspecified atom stereocenters. The van der Waals surface area contributed by atoms with Gasteiger partial charge in [-0.15, -0.1) is 0 Å². The summed E-state index contributed by atoms with van der Waals surface area (Å²) < 4.78 is 0.962. The van der Waals surface area contributed by atoms with E-state index in [9.17, 15) is 9.59 Å². The smallest absolute Gasteiger partial charge is 0.226 e. The van der Waals surface area contributed by atoms with Crippen LogP contribution in [0.3, 0.4) is 0 Å². The first-order valence-corrected chi connectivity index (χ1v) is 8.42. The lowest BCUT2D eigenvalue weighted by molar-refractivity contribution is -0.126. The molecule has 4 N–H and O–H groups in total. The molecule has 0 bridgehead atoms. The van der Waals surface area contributed by atoms with Crippen molar-refractivity contribution in [2.24, 2.45) is 11.7 Å². The summed E-state index contributed by atoms with van der Waals surface area (Å²) in [5.41, 5.74) is 6.64. The van der Waals surface area contributed by atoms with Gasteiger partial charge in [0.2, 0.25) is 11.8 Å². The van der Waals surface area contributed by atoms with Crippen LogP contribution in [0.5, 0.6) is 0 Å². The maximum Gasteiger partial charge on any atom is 0.226 e. The Morgan fingerprint density at radius 3 is 2.64 bits per heavy atom. The second-order valence-electron chi connectivity index (χ2n) is 5.72. The standard InChI is InChI=1S/C16H22BrN3O2/c17-12-4-6-14(7-5-12)20-15(21)8-9-19-16(22)11-2-1-3-13(18)10-11/h4-7,11,13H,1-3,8-10,18H2,(H,19,22)(H,20,21). The molecule has 1 saturated carbocycles. The van der Waals surface area contributed by atoms with Gasteiger partial charge in [-0.2, -0.15) is 0 Å². The monoisotopic (exact) mass is 367 g/mol. The van der Waals surface area contributed by atoms with Gasteiger partial charge in [0, 0.05) is 35.1 Å². The number of nitrogens with two attached hydrogens (primary N) is 1. The van der Waals surface area contributed by atoms with E-state index < -0.39 is 0 Å². The third kappa shape index (κ3) is 5.42. The van der Waals surface area contributed by atoms with Crippen molar-refractivity contribution in [1.29, 1.82) is 0 Å². The van der Waals surface area contributed by atoms with Crippen LogP contribution in [0, 0.1) is 5.92 Å². The fraction of sp³-hybridized carbons (Fsp3) is 0.500. The molecular formula is C16H22BrN3O2. The number of rotatable bonds is 5. The molecule has 2 atom stereocenters. The Morgan fingerprint density at radius 2 is 1.95 bits per heavy atom. The highest BCUT2D eigenvalue weighted by atomic mass is 79.9. The summed E-state index contributed by atoms with van der Waals surface area (Å²) in [4.78, 5) is 23.8. The second kappa shape index (κ2) is 8.29. The van der Waals surface area contributed by atoms with Crippen molar-refractivity contribution >= 4 is 33.4 Å². The van der Waals surface area contributed by atoms with E-state index in [1.165, 1.54) is 0 Å². The normalized spacial score (nSPS) is 21.2. The first kappa shape index (κ1) is 17.0. The molecule has 5 nitrogen and oxygen atoms in total. The minimum atomic E-state index is -0.108. The van der Waals surface area contributed by atoms with E-state index in [1.807, 2.05) is 24.3 Å². The Kier molecular flexibility index (Phi) is 6.39. The highest BCUT2D eigenvalue weighted by molar-refractivity contribution is 9.10. The average Bonchev–Trinajstić information content (AvgIpc) is 2.49. The average molecular weight is 368 g/mol. The van der Waals surface area contributed by atoms with Crippen LogP contribution in [0.2, 0.25) is 0 Å². The van der Waals surface area contributed by atoms with Gasteiger partial charge in [-0.25, -0.2) is 0 Å². The maximum atomic E-state index is 12.0. The lowest BCUT2D eigenvalue weighted by Crippen LogP contribution is -2.38. The van der Waals surface area contributed by atoms with Gasteiger partial charge in [0.15, 0.2) is 0 Å². The molecule has 6 heteroatoms. The molecule has 0 aliphatic heterocycles. The van der Waals surface area contributed by atoms with Gasteiger partial charge >= 0.3 is 0 Å². The quantitative estimate of drug-likeness (QED) is 0.746. The van der Waals surface area contributed by atoms with Crippen LogP contribution in [-0.2, 0) is 9.59 Å². The van der Waals surface area contributed by atoms with Gasteiger partial charge in [0.1, 0.15) is 0 Å². The summed E-state index contributed by atoms with van der Waals surface area (Å²) in [7, 11) is 0. The predicted octanol–water partition coefficient (Wildman–Crippen LogP) is 2.41. The second-order valence-corrected chi connectivity index (χ2v) is 6.64. The summed E-state index contributed by atoms with van der Waals surface area (Å²) in [6, 6.07) is 7.51. The largest absolute Gasteiger partial charge is 0.355 e. The molecule has 0 radical (unpaired) electrons. The Bertz CT molecular complexity index is 519. The van der Waals surface area contributed by atoms with E-state index in [0.29, 0.717) is 6.54 Å². The zero-order valence-electron chi connectivity index (χ0n) is 12.5. The fourth-order valence-corrected chi connectivity index (χ4v) is 2.93. The number of hydrogen-bond acceptors (Lipinski definition) is 3. The van der Waals surface area contributed by atoms with E-state index in [-0.39, 0.29) is 30.2 Å². The van der Waals surface area contributed by atoms with Gasteiger partial charge in [-0.05, 0) is 43.5 Å². The Balaban J connectivity index is 1.68. The van der Waals surface area contributed by atoms with Crippen LogP contribution in [0.4, 0.5) is 5.69 Å². The zero-order valence-corrected chi connectivity index (χ0v) is 14.1. The van der Waals surface area contributed by atoms with Crippen LogP contribution in [0.1, 0.15) is 32.1 Å². The third-order valence-electron chi connectivity index (χ3n) is 3.86. The molecule has 2 amide bonds. The SMILES string of the molecule is NC1CCCC(C(=O)NCCC(=O)Nc2ccc(Br)cc2)C1. The number of carbonyl (C=O) groups is 2. The van der Waals surface area contributed by atoms with Gasteiger partial charge < -0.3 is 16.4 Å². The first-order chi connectivity index (χ1) is 10.5. The summed E-state index contributed by atoms with van der Waals surface area (Å²) in [5.74, 6) is -0.0900. The molecule has 1 fully saturated rings. The highest BCUT2D eigenvalue weighted by Gasteiger charge is 2.24. The number of amides is 2. The van der Waals surface area contributed by atoms with Crippen molar-refractivity contribution in [3.05, 3.63) is 28.7 Å². The third-order valence-corrected chi connectivity index (χ3v) is 4.39. The topological polar surface area (TPSA) is 84.2 Å². The molecule has 22 heavy (non-hydrogen) atoms. The first-order valence-electron chi connectivity index (χ1n) is 7.63. The van der Waals surface area contributed by atoms with Crippen LogP contribution < -0.4 is 16.4 Å². The van der Waals surface area contributed by atoms with E-state index in [2.05, 4.69) is 26.6 Å². The van der Waals surface area contributed by atoms with E-state index >= 15 is 0 Å². The lowest BCUT2D eigenvalue weighted by Gasteiger charge is -2.25. The molecule has 2 rings (SSSR count). The molecular weight excluding hydrogens is 346 g/mol. The Hall–Kier alpha value is -1.40. The molecule has 1 aromatic carbocycles. The summed E-state index contributed by atoms with van der Waals surface area (Å²) in [6.45, 7) is 0.354. The van der Waals surface area contributed by atoms with Crippen molar-refractivity contribution in [2.45, 2.75) is 38.1 Å². The number of benzene rings is 1. The van der Waals surface area contributed by atoms with Gasteiger partial charge in [-0.1, -0.05) is 22.4 Å². The summed E-state index contributed by atoms with van der Waals surface area (Å²) in [6.07, 6.45) is 3.91. The molecule has 1 aliphatic carbocycles.